The van der Waals surface area contributed by atoms with Gasteiger partial charge in [0, 0.05) is 11.3 Å². The maximum atomic E-state index is 12.3. The van der Waals surface area contributed by atoms with Crippen LogP contribution in [0.2, 0.25) is 0 Å². The zero-order valence-corrected chi connectivity index (χ0v) is 13.5. The molecule has 26 heavy (non-hydrogen) atoms. The number of aromatic hydroxyl groups is 1. The quantitative estimate of drug-likeness (QED) is 0.575. The van der Waals surface area contributed by atoms with Gasteiger partial charge in [-0.3, -0.25) is 9.59 Å². The summed E-state index contributed by atoms with van der Waals surface area (Å²) in [4.78, 5) is 22.9. The van der Waals surface area contributed by atoms with Crippen LogP contribution in [-0.2, 0) is 4.79 Å². The van der Waals surface area contributed by atoms with Gasteiger partial charge >= 0.3 is 12.1 Å². The molecule has 0 saturated heterocycles. The Morgan fingerprint density at radius 1 is 1.04 bits per heavy atom. The summed E-state index contributed by atoms with van der Waals surface area (Å²) in [5, 5.41) is 14.8. The minimum atomic E-state index is -4.99. The summed E-state index contributed by atoms with van der Waals surface area (Å²) >= 11 is 0. The molecule has 136 valence electrons. The van der Waals surface area contributed by atoms with E-state index in [0.717, 1.165) is 0 Å². The van der Waals surface area contributed by atoms with E-state index < -0.39 is 18.0 Å². The van der Waals surface area contributed by atoms with Gasteiger partial charge in [0.25, 0.3) is 5.91 Å². The molecule has 0 aromatic heterocycles. The van der Waals surface area contributed by atoms with Gasteiger partial charge in [0.1, 0.15) is 5.75 Å². The molecule has 0 heterocycles. The molecule has 2 aromatic rings. The summed E-state index contributed by atoms with van der Waals surface area (Å²) < 4.78 is 36.9. The van der Waals surface area contributed by atoms with Crippen molar-refractivity contribution in [3.8, 4) is 5.75 Å². The van der Waals surface area contributed by atoms with E-state index in [1.807, 2.05) is 0 Å². The lowest BCUT2D eigenvalue weighted by Crippen LogP contribution is -2.29. The molecule has 3 N–H and O–H groups in total. The molecule has 0 aliphatic carbocycles. The number of anilines is 1. The molecule has 0 aliphatic rings. The van der Waals surface area contributed by atoms with Crippen LogP contribution in [0.5, 0.6) is 5.75 Å². The number of halogens is 3. The third-order valence-corrected chi connectivity index (χ3v) is 3.25. The van der Waals surface area contributed by atoms with Gasteiger partial charge in [-0.2, -0.15) is 18.3 Å². The third kappa shape index (κ3) is 5.07. The van der Waals surface area contributed by atoms with E-state index in [1.54, 1.807) is 18.3 Å². The van der Waals surface area contributed by atoms with Gasteiger partial charge < -0.3 is 10.4 Å². The minimum absolute atomic E-state index is 0.0129. The van der Waals surface area contributed by atoms with Crippen molar-refractivity contribution < 1.29 is 27.9 Å². The van der Waals surface area contributed by atoms with Crippen LogP contribution in [0.1, 0.15) is 22.8 Å². The number of phenols is 1. The van der Waals surface area contributed by atoms with Crippen molar-refractivity contribution in [1.82, 2.24) is 5.43 Å². The first-order chi connectivity index (χ1) is 12.2. The summed E-state index contributed by atoms with van der Waals surface area (Å²) in [7, 11) is 0. The molecule has 6 nitrogen and oxygen atoms in total. The number of hydrogen-bond donors (Lipinski definition) is 3. The Balaban J connectivity index is 2.09. The second-order valence-electron chi connectivity index (χ2n) is 5.22. The van der Waals surface area contributed by atoms with Crippen LogP contribution in [-0.4, -0.2) is 28.8 Å². The van der Waals surface area contributed by atoms with Crippen LogP contribution in [0.3, 0.4) is 0 Å². The normalized spacial score (nSPS) is 11.8. The van der Waals surface area contributed by atoms with Gasteiger partial charge in [0.05, 0.1) is 5.71 Å². The number of hydrogen-bond acceptors (Lipinski definition) is 4. The lowest BCUT2D eigenvalue weighted by Gasteiger charge is -2.09. The van der Waals surface area contributed by atoms with Gasteiger partial charge in [0.2, 0.25) is 0 Å². The van der Waals surface area contributed by atoms with E-state index in [-0.39, 0.29) is 17.0 Å². The number of carbonyl (C=O) groups excluding carboxylic acids is 2. The number of alkyl halides is 3. The van der Waals surface area contributed by atoms with Gasteiger partial charge in [-0.05, 0) is 48.9 Å². The van der Waals surface area contributed by atoms with Crippen molar-refractivity contribution in [3.63, 3.8) is 0 Å². The average Bonchev–Trinajstić information content (AvgIpc) is 2.59. The number of nitrogens with zero attached hydrogens (tertiary/aromatic N) is 1. The van der Waals surface area contributed by atoms with Crippen molar-refractivity contribution in [2.45, 2.75) is 13.1 Å². The zero-order chi connectivity index (χ0) is 19.3. The summed E-state index contributed by atoms with van der Waals surface area (Å²) in [6.07, 6.45) is -4.99. The van der Waals surface area contributed by atoms with E-state index in [0.29, 0.717) is 11.3 Å². The highest BCUT2D eigenvalue weighted by molar-refractivity contribution is 6.02. The molecule has 2 aromatic carbocycles. The lowest BCUT2D eigenvalue weighted by atomic mass is 10.1. The summed E-state index contributed by atoms with van der Waals surface area (Å²) in [5.74, 6) is -2.59. The van der Waals surface area contributed by atoms with Crippen molar-refractivity contribution >= 4 is 23.2 Å². The van der Waals surface area contributed by atoms with Crippen molar-refractivity contribution in [2.75, 3.05) is 5.32 Å². The molecule has 9 heteroatoms. The van der Waals surface area contributed by atoms with Gasteiger partial charge in [-0.15, -0.1) is 0 Å². The molecule has 0 bridgehead atoms. The Bertz CT molecular complexity index is 846. The van der Waals surface area contributed by atoms with Crippen LogP contribution in [0, 0.1) is 0 Å². The number of nitrogens with one attached hydrogen (secondary N) is 2. The molecule has 0 aliphatic heterocycles. The summed E-state index contributed by atoms with van der Waals surface area (Å²) in [6.45, 7) is 1.54. The maximum Gasteiger partial charge on any atom is 0.471 e. The number of carbonyl (C=O) groups is 2. The molecule has 0 radical (unpaired) electrons. The monoisotopic (exact) mass is 365 g/mol. The fraction of sp³-hybridized carbons (Fsp3) is 0.118. The molecule has 2 amide bonds. The van der Waals surface area contributed by atoms with Gasteiger partial charge in [-0.25, -0.2) is 5.43 Å². The second-order valence-corrected chi connectivity index (χ2v) is 5.22. The lowest BCUT2D eigenvalue weighted by molar-refractivity contribution is -0.167. The predicted molar refractivity (Wildman–Crippen MR) is 88.9 cm³/mol. The minimum Gasteiger partial charge on any atom is -0.508 e. The molecule has 0 spiro atoms. The van der Waals surface area contributed by atoms with Crippen LogP contribution in [0.15, 0.2) is 53.6 Å². The summed E-state index contributed by atoms with van der Waals surface area (Å²) in [6, 6.07) is 11.1. The van der Waals surface area contributed by atoms with E-state index in [2.05, 4.69) is 10.5 Å². The summed E-state index contributed by atoms with van der Waals surface area (Å²) in [5.41, 5.74) is 3.25. The first-order valence-corrected chi connectivity index (χ1v) is 7.29. The number of hydrazone groups is 1. The van der Waals surface area contributed by atoms with Gasteiger partial charge in [-0.1, -0.05) is 12.1 Å². The number of rotatable bonds is 4. The Labute approximate surface area is 146 Å². The number of phenolic OH excluding ortho intramolecular Hbond substituents is 1. The topological polar surface area (TPSA) is 90.8 Å². The van der Waals surface area contributed by atoms with Crippen LogP contribution in [0.4, 0.5) is 18.9 Å². The Morgan fingerprint density at radius 3 is 2.31 bits per heavy atom. The highest BCUT2D eigenvalue weighted by Crippen LogP contribution is 2.19. The maximum absolute atomic E-state index is 12.3. The molecule has 2 rings (SSSR count). The third-order valence-electron chi connectivity index (χ3n) is 3.25. The fourth-order valence-corrected chi connectivity index (χ4v) is 1.90. The van der Waals surface area contributed by atoms with Crippen molar-refractivity contribution in [3.05, 3.63) is 59.7 Å². The highest BCUT2D eigenvalue weighted by atomic mass is 19.4. The van der Waals surface area contributed by atoms with Crippen molar-refractivity contribution in [1.29, 1.82) is 0 Å². The first-order valence-electron chi connectivity index (χ1n) is 7.29. The van der Waals surface area contributed by atoms with Crippen LogP contribution in [0.25, 0.3) is 0 Å². The molecule has 0 unspecified atom stereocenters. The number of benzene rings is 2. The molecular formula is C17H14F3N3O3. The number of amides is 2. The molecular weight excluding hydrogens is 351 g/mol. The van der Waals surface area contributed by atoms with Crippen LogP contribution < -0.4 is 10.7 Å². The first kappa shape index (κ1) is 19.0. The van der Waals surface area contributed by atoms with E-state index >= 15 is 0 Å². The largest absolute Gasteiger partial charge is 0.508 e. The van der Waals surface area contributed by atoms with Crippen LogP contribution >= 0.6 is 0 Å². The average molecular weight is 365 g/mol. The van der Waals surface area contributed by atoms with E-state index in [1.165, 1.54) is 42.5 Å². The second kappa shape index (κ2) is 7.68. The highest BCUT2D eigenvalue weighted by Gasteiger charge is 2.38. The van der Waals surface area contributed by atoms with Gasteiger partial charge in [0.15, 0.2) is 0 Å². The molecule has 0 saturated carbocycles. The van der Waals surface area contributed by atoms with E-state index in [4.69, 9.17) is 0 Å². The smallest absolute Gasteiger partial charge is 0.471 e. The Kier molecular flexibility index (Phi) is 5.61. The Hall–Kier alpha value is -3.36. The molecule has 0 fully saturated rings. The molecule has 0 atom stereocenters. The standard InChI is InChI=1S/C17H14F3N3O3/c1-10(22-23-15(25)11-5-7-14(24)8-6-11)12-3-2-4-13(9-12)21-16(26)17(18,19)20/h2-9,24H,1H3,(H,21,26)(H,23,25). The SMILES string of the molecule is CC(=NNC(=O)c1ccc(O)cc1)c1cccc(NC(=O)C(F)(F)F)c1. The Morgan fingerprint density at radius 2 is 1.69 bits per heavy atom. The zero-order valence-electron chi connectivity index (χ0n) is 13.5. The van der Waals surface area contributed by atoms with Crippen molar-refractivity contribution in [2.24, 2.45) is 5.10 Å². The fourth-order valence-electron chi connectivity index (χ4n) is 1.90. The van der Waals surface area contributed by atoms with E-state index in [9.17, 15) is 27.9 Å². The predicted octanol–water partition coefficient (Wildman–Crippen LogP) is 3.05.